The zero-order valence-corrected chi connectivity index (χ0v) is 10.5. The van der Waals surface area contributed by atoms with Crippen LogP contribution in [0.4, 0.5) is 0 Å². The number of likely N-dealkylation sites (N-methyl/N-ethyl adjacent to an activating group) is 1. The molecule has 1 saturated heterocycles. The number of nitrogens with zero attached hydrogens (tertiary/aromatic N) is 1. The maximum absolute atomic E-state index is 9.89. The summed E-state index contributed by atoms with van der Waals surface area (Å²) in [6, 6.07) is 1.03. The molecule has 16 heavy (non-hydrogen) atoms. The fraction of sp³-hybridized carbons (Fsp3) is 1.00. The Bertz CT molecular complexity index is 188. The van der Waals surface area contributed by atoms with Gasteiger partial charge in [-0.1, -0.05) is 19.3 Å². The Labute approximate surface area is 99.2 Å². The lowest BCUT2D eigenvalue weighted by molar-refractivity contribution is 0.0829. The fourth-order valence-corrected chi connectivity index (χ4v) is 3.04. The lowest BCUT2D eigenvalue weighted by Crippen LogP contribution is -2.49. The van der Waals surface area contributed by atoms with Gasteiger partial charge in [0, 0.05) is 18.6 Å². The number of nitrogens with one attached hydrogen (secondary N) is 1. The number of aliphatic hydroxyl groups is 1. The molecular formula is C13H26N2O. The minimum absolute atomic E-state index is 0.109. The van der Waals surface area contributed by atoms with Crippen molar-refractivity contribution in [3.8, 4) is 0 Å². The summed E-state index contributed by atoms with van der Waals surface area (Å²) in [7, 11) is 2.23. The number of aliphatic hydroxyl groups excluding tert-OH is 1. The molecular weight excluding hydrogens is 200 g/mol. The second-order valence-electron chi connectivity index (χ2n) is 5.50. The van der Waals surface area contributed by atoms with E-state index in [-0.39, 0.29) is 6.10 Å². The van der Waals surface area contributed by atoms with Gasteiger partial charge in [0.15, 0.2) is 0 Å². The van der Waals surface area contributed by atoms with Gasteiger partial charge in [-0.05, 0) is 39.3 Å². The van der Waals surface area contributed by atoms with Crippen molar-refractivity contribution in [2.24, 2.45) is 0 Å². The SMILES string of the molecule is CN1CCCCC1CNC1CCCCC1O. The van der Waals surface area contributed by atoms with Crippen LogP contribution in [0.3, 0.4) is 0 Å². The first-order valence-corrected chi connectivity index (χ1v) is 6.89. The van der Waals surface area contributed by atoms with Crippen LogP contribution in [0.15, 0.2) is 0 Å². The van der Waals surface area contributed by atoms with Crippen LogP contribution in [0, 0.1) is 0 Å². The van der Waals surface area contributed by atoms with Gasteiger partial charge in [0.1, 0.15) is 0 Å². The normalized spacial score (nSPS) is 37.5. The highest BCUT2D eigenvalue weighted by molar-refractivity contribution is 4.84. The van der Waals surface area contributed by atoms with E-state index in [0.717, 1.165) is 19.4 Å². The first-order chi connectivity index (χ1) is 7.77. The average molecular weight is 226 g/mol. The average Bonchev–Trinajstić information content (AvgIpc) is 2.30. The summed E-state index contributed by atoms with van der Waals surface area (Å²) in [4.78, 5) is 2.46. The first kappa shape index (κ1) is 12.3. The third kappa shape index (κ3) is 3.19. The zero-order chi connectivity index (χ0) is 11.4. The van der Waals surface area contributed by atoms with Gasteiger partial charge < -0.3 is 15.3 Å². The van der Waals surface area contributed by atoms with E-state index in [1.807, 2.05) is 0 Å². The van der Waals surface area contributed by atoms with Gasteiger partial charge in [0.25, 0.3) is 0 Å². The van der Waals surface area contributed by atoms with E-state index in [9.17, 15) is 5.11 Å². The lowest BCUT2D eigenvalue weighted by atomic mass is 9.92. The number of rotatable bonds is 3. The molecule has 0 amide bonds. The zero-order valence-electron chi connectivity index (χ0n) is 10.5. The number of hydrogen-bond donors (Lipinski definition) is 2. The highest BCUT2D eigenvalue weighted by atomic mass is 16.3. The second kappa shape index (κ2) is 5.99. The summed E-state index contributed by atoms with van der Waals surface area (Å²) < 4.78 is 0. The van der Waals surface area contributed by atoms with Crippen LogP contribution in [-0.4, -0.2) is 48.3 Å². The Morgan fingerprint density at radius 3 is 2.62 bits per heavy atom. The molecule has 1 aliphatic heterocycles. The van der Waals surface area contributed by atoms with E-state index in [2.05, 4.69) is 17.3 Å². The van der Waals surface area contributed by atoms with Gasteiger partial charge >= 0.3 is 0 Å². The van der Waals surface area contributed by atoms with E-state index in [1.54, 1.807) is 0 Å². The quantitative estimate of drug-likeness (QED) is 0.763. The molecule has 0 bridgehead atoms. The molecule has 1 heterocycles. The Morgan fingerprint density at radius 2 is 1.88 bits per heavy atom. The number of likely N-dealkylation sites (tertiary alicyclic amines) is 1. The lowest BCUT2D eigenvalue weighted by Gasteiger charge is -2.35. The maximum atomic E-state index is 9.89. The number of piperidine rings is 1. The topological polar surface area (TPSA) is 35.5 Å². The van der Waals surface area contributed by atoms with Crippen LogP contribution >= 0.6 is 0 Å². The Balaban J connectivity index is 1.72. The van der Waals surface area contributed by atoms with Gasteiger partial charge in [-0.15, -0.1) is 0 Å². The summed E-state index contributed by atoms with van der Waals surface area (Å²) >= 11 is 0. The van der Waals surface area contributed by atoms with Crippen molar-refractivity contribution in [3.63, 3.8) is 0 Å². The third-order valence-corrected chi connectivity index (χ3v) is 4.27. The largest absolute Gasteiger partial charge is 0.392 e. The summed E-state index contributed by atoms with van der Waals surface area (Å²) in [5.74, 6) is 0. The number of hydrogen-bond acceptors (Lipinski definition) is 3. The van der Waals surface area contributed by atoms with Crippen LogP contribution < -0.4 is 5.32 Å². The molecule has 3 heteroatoms. The summed E-state index contributed by atoms with van der Waals surface area (Å²) in [5.41, 5.74) is 0. The molecule has 0 aromatic rings. The van der Waals surface area contributed by atoms with Gasteiger partial charge in [-0.3, -0.25) is 0 Å². The highest BCUT2D eigenvalue weighted by Crippen LogP contribution is 2.19. The van der Waals surface area contributed by atoms with Gasteiger partial charge in [-0.25, -0.2) is 0 Å². The molecule has 1 saturated carbocycles. The van der Waals surface area contributed by atoms with E-state index in [4.69, 9.17) is 0 Å². The molecule has 0 aromatic heterocycles. The molecule has 0 spiro atoms. The molecule has 3 unspecified atom stereocenters. The maximum Gasteiger partial charge on any atom is 0.0693 e. The minimum Gasteiger partial charge on any atom is -0.392 e. The van der Waals surface area contributed by atoms with Crippen molar-refractivity contribution in [1.29, 1.82) is 0 Å². The van der Waals surface area contributed by atoms with Crippen LogP contribution in [0.25, 0.3) is 0 Å². The monoisotopic (exact) mass is 226 g/mol. The second-order valence-corrected chi connectivity index (χ2v) is 5.50. The van der Waals surface area contributed by atoms with Crippen molar-refractivity contribution in [2.75, 3.05) is 20.1 Å². The molecule has 0 radical (unpaired) electrons. The molecule has 3 nitrogen and oxygen atoms in total. The van der Waals surface area contributed by atoms with Crippen molar-refractivity contribution in [1.82, 2.24) is 10.2 Å². The molecule has 2 rings (SSSR count). The fourth-order valence-electron chi connectivity index (χ4n) is 3.04. The Morgan fingerprint density at radius 1 is 1.12 bits per heavy atom. The standard InChI is InChI=1S/C13H26N2O/c1-15-9-5-4-6-11(15)10-14-12-7-2-3-8-13(12)16/h11-14,16H,2-10H2,1H3. The van der Waals surface area contributed by atoms with Gasteiger partial charge in [-0.2, -0.15) is 0 Å². The highest BCUT2D eigenvalue weighted by Gasteiger charge is 2.25. The van der Waals surface area contributed by atoms with Crippen molar-refractivity contribution < 1.29 is 5.11 Å². The Kier molecular flexibility index (Phi) is 4.62. The van der Waals surface area contributed by atoms with Gasteiger partial charge in [0.2, 0.25) is 0 Å². The van der Waals surface area contributed by atoms with E-state index in [1.165, 1.54) is 38.6 Å². The smallest absolute Gasteiger partial charge is 0.0693 e. The molecule has 3 atom stereocenters. The van der Waals surface area contributed by atoms with Crippen molar-refractivity contribution >= 4 is 0 Å². The van der Waals surface area contributed by atoms with Crippen LogP contribution in [0.2, 0.25) is 0 Å². The molecule has 2 fully saturated rings. The van der Waals surface area contributed by atoms with E-state index >= 15 is 0 Å². The van der Waals surface area contributed by atoms with E-state index in [0.29, 0.717) is 12.1 Å². The van der Waals surface area contributed by atoms with Crippen molar-refractivity contribution in [3.05, 3.63) is 0 Å². The molecule has 94 valence electrons. The summed E-state index contributed by atoms with van der Waals surface area (Å²) in [6.45, 7) is 2.29. The summed E-state index contributed by atoms with van der Waals surface area (Å²) in [5, 5.41) is 13.5. The van der Waals surface area contributed by atoms with Crippen LogP contribution in [0.5, 0.6) is 0 Å². The van der Waals surface area contributed by atoms with Gasteiger partial charge in [0.05, 0.1) is 6.10 Å². The third-order valence-electron chi connectivity index (χ3n) is 4.27. The van der Waals surface area contributed by atoms with Crippen LogP contribution in [-0.2, 0) is 0 Å². The predicted molar refractivity (Wildman–Crippen MR) is 66.5 cm³/mol. The molecule has 0 aromatic carbocycles. The predicted octanol–water partition coefficient (Wildman–Crippen LogP) is 1.36. The summed E-state index contributed by atoms with van der Waals surface area (Å²) in [6.07, 6.45) is 8.52. The van der Waals surface area contributed by atoms with Crippen molar-refractivity contribution in [2.45, 2.75) is 63.1 Å². The first-order valence-electron chi connectivity index (χ1n) is 6.89. The minimum atomic E-state index is -0.109. The van der Waals surface area contributed by atoms with Crippen LogP contribution in [0.1, 0.15) is 44.9 Å². The molecule has 2 aliphatic rings. The molecule has 1 aliphatic carbocycles. The molecule has 2 N–H and O–H groups in total. The Hall–Kier alpha value is -0.120. The van der Waals surface area contributed by atoms with E-state index < -0.39 is 0 Å².